The maximum atomic E-state index is 13.4. The molecule has 2 N–H and O–H groups in total. The maximum Gasteiger partial charge on any atom is 0.256 e. The number of benzene rings is 1. The lowest BCUT2D eigenvalue weighted by Gasteiger charge is -2.23. The van der Waals surface area contributed by atoms with E-state index in [0.717, 1.165) is 19.6 Å². The third kappa shape index (κ3) is 3.92. The second-order valence-corrected chi connectivity index (χ2v) is 9.73. The first kappa shape index (κ1) is 22.7. The van der Waals surface area contributed by atoms with Gasteiger partial charge in [-0.1, -0.05) is 30.3 Å². The number of aliphatic hydroxyl groups excluding tert-OH is 1. The van der Waals surface area contributed by atoms with Crippen molar-refractivity contribution in [2.45, 2.75) is 19.6 Å². The van der Waals surface area contributed by atoms with Crippen LogP contribution in [0.4, 0.5) is 0 Å². The van der Waals surface area contributed by atoms with E-state index in [0.29, 0.717) is 58.8 Å². The predicted molar refractivity (Wildman–Crippen MR) is 133 cm³/mol. The van der Waals surface area contributed by atoms with Crippen LogP contribution in [-0.2, 0) is 11.3 Å². The SMILES string of the molecule is COc1cnc(-n2cnc(C)n2)c2[nH]cc(C(O)C(=O)N3CC4CN(Cc5ccccc5)CC4C3)c12. The van der Waals surface area contributed by atoms with E-state index in [4.69, 9.17) is 4.74 Å². The van der Waals surface area contributed by atoms with Gasteiger partial charge in [-0.2, -0.15) is 5.10 Å². The van der Waals surface area contributed by atoms with Crippen LogP contribution in [0.15, 0.2) is 49.1 Å². The molecule has 186 valence electrons. The van der Waals surface area contributed by atoms with Crippen molar-refractivity contribution >= 4 is 16.8 Å². The van der Waals surface area contributed by atoms with Crippen molar-refractivity contribution in [1.82, 2.24) is 34.5 Å². The lowest BCUT2D eigenvalue weighted by Crippen LogP contribution is -2.36. The van der Waals surface area contributed by atoms with Gasteiger partial charge in [-0.3, -0.25) is 9.69 Å². The van der Waals surface area contributed by atoms with Crippen LogP contribution in [0.25, 0.3) is 16.7 Å². The standard InChI is InChI=1S/C26H29N7O3/c1-16-29-15-33(30-16)25-23-22(21(36-2)9-28-25)20(8-27-23)24(34)26(35)32-13-18-11-31(12-19(18)14-32)10-17-6-4-3-5-7-17/h3-9,15,18-19,24,27,34H,10-14H2,1-2H3. The molecule has 36 heavy (non-hydrogen) atoms. The molecular formula is C26H29N7O3. The Kier molecular flexibility index (Phi) is 5.69. The van der Waals surface area contributed by atoms with Crippen molar-refractivity contribution in [2.75, 3.05) is 33.3 Å². The summed E-state index contributed by atoms with van der Waals surface area (Å²) in [4.78, 5) is 29.5. The second kappa shape index (κ2) is 9.03. The summed E-state index contributed by atoms with van der Waals surface area (Å²) in [5.74, 6) is 2.18. The van der Waals surface area contributed by atoms with Gasteiger partial charge in [-0.25, -0.2) is 14.6 Å². The summed E-state index contributed by atoms with van der Waals surface area (Å²) >= 11 is 0. The number of rotatable bonds is 6. The van der Waals surface area contributed by atoms with E-state index >= 15 is 0 Å². The number of carbonyl (C=O) groups excluding carboxylic acids is 1. The van der Waals surface area contributed by atoms with E-state index in [1.54, 1.807) is 37.4 Å². The number of aromatic amines is 1. The van der Waals surface area contributed by atoms with Crippen molar-refractivity contribution in [3.05, 3.63) is 66.0 Å². The molecule has 2 saturated heterocycles. The molecule has 6 rings (SSSR count). The third-order valence-corrected chi connectivity index (χ3v) is 7.38. The van der Waals surface area contributed by atoms with Gasteiger partial charge in [-0.05, 0) is 24.3 Å². The fraction of sp³-hybridized carbons (Fsp3) is 0.385. The normalized spacial score (nSPS) is 20.7. The van der Waals surface area contributed by atoms with Crippen molar-refractivity contribution < 1.29 is 14.6 Å². The second-order valence-electron chi connectivity index (χ2n) is 9.73. The number of H-pyrrole nitrogens is 1. The van der Waals surface area contributed by atoms with Gasteiger partial charge in [0.1, 0.15) is 17.9 Å². The maximum absolute atomic E-state index is 13.4. The Morgan fingerprint density at radius 1 is 1.17 bits per heavy atom. The van der Waals surface area contributed by atoms with E-state index in [-0.39, 0.29) is 5.91 Å². The zero-order valence-corrected chi connectivity index (χ0v) is 20.3. The Labute approximate surface area is 208 Å². The number of nitrogens with one attached hydrogen (secondary N) is 1. The van der Waals surface area contributed by atoms with Crippen molar-refractivity contribution in [3.63, 3.8) is 0 Å². The highest BCUT2D eigenvalue weighted by Gasteiger charge is 2.43. The van der Waals surface area contributed by atoms with E-state index in [2.05, 4.69) is 49.2 Å². The highest BCUT2D eigenvalue weighted by atomic mass is 16.5. The molecule has 0 saturated carbocycles. The Bertz CT molecular complexity index is 1390. The predicted octanol–water partition coefficient (Wildman–Crippen LogP) is 2.08. The topological polar surface area (TPSA) is 112 Å². The van der Waals surface area contributed by atoms with Gasteiger partial charge >= 0.3 is 0 Å². The van der Waals surface area contributed by atoms with Crippen LogP contribution >= 0.6 is 0 Å². The summed E-state index contributed by atoms with van der Waals surface area (Å²) in [5.41, 5.74) is 2.40. The fourth-order valence-corrected chi connectivity index (χ4v) is 5.67. The molecule has 0 radical (unpaired) electrons. The van der Waals surface area contributed by atoms with Crippen LogP contribution in [0.3, 0.4) is 0 Å². The molecule has 0 aliphatic carbocycles. The minimum atomic E-state index is -1.31. The number of carbonyl (C=O) groups is 1. The summed E-state index contributed by atoms with van der Waals surface area (Å²) in [7, 11) is 1.55. The van der Waals surface area contributed by atoms with Gasteiger partial charge in [0.25, 0.3) is 5.91 Å². The molecule has 2 aliphatic heterocycles. The Morgan fingerprint density at radius 3 is 2.58 bits per heavy atom. The molecule has 2 aliphatic rings. The van der Waals surface area contributed by atoms with Gasteiger partial charge in [0.2, 0.25) is 0 Å². The zero-order valence-electron chi connectivity index (χ0n) is 20.3. The molecule has 0 bridgehead atoms. The van der Waals surface area contributed by atoms with Gasteiger partial charge < -0.3 is 19.7 Å². The minimum absolute atomic E-state index is 0.281. The number of hydrogen-bond acceptors (Lipinski definition) is 7. The van der Waals surface area contributed by atoms with E-state index in [9.17, 15) is 9.90 Å². The number of aliphatic hydroxyl groups is 1. The van der Waals surface area contributed by atoms with E-state index < -0.39 is 6.10 Å². The van der Waals surface area contributed by atoms with E-state index in [1.807, 2.05) is 11.0 Å². The molecular weight excluding hydrogens is 458 g/mol. The minimum Gasteiger partial charge on any atom is -0.494 e. The van der Waals surface area contributed by atoms with Gasteiger partial charge in [0, 0.05) is 44.5 Å². The number of aryl methyl sites for hydroxylation is 1. The molecule has 10 heteroatoms. The molecule has 1 amide bonds. The van der Waals surface area contributed by atoms with Gasteiger partial charge in [0.05, 0.1) is 24.2 Å². The summed E-state index contributed by atoms with van der Waals surface area (Å²) in [5, 5.41) is 16.2. The molecule has 3 unspecified atom stereocenters. The number of pyridine rings is 1. The largest absolute Gasteiger partial charge is 0.494 e. The van der Waals surface area contributed by atoms with Gasteiger partial charge in [0.15, 0.2) is 11.9 Å². The fourth-order valence-electron chi connectivity index (χ4n) is 5.67. The van der Waals surface area contributed by atoms with Crippen LogP contribution < -0.4 is 4.74 Å². The molecule has 4 aromatic rings. The zero-order chi connectivity index (χ0) is 24.8. The first-order valence-corrected chi connectivity index (χ1v) is 12.2. The summed E-state index contributed by atoms with van der Waals surface area (Å²) in [6, 6.07) is 10.5. The Hall–Kier alpha value is -3.76. The van der Waals surface area contributed by atoms with Crippen LogP contribution in [0.2, 0.25) is 0 Å². The average molecular weight is 488 g/mol. The monoisotopic (exact) mass is 487 g/mol. The number of amides is 1. The molecule has 2 fully saturated rings. The number of methoxy groups -OCH3 is 1. The van der Waals surface area contributed by atoms with Crippen LogP contribution in [0.5, 0.6) is 5.75 Å². The molecule has 5 heterocycles. The number of aromatic nitrogens is 5. The van der Waals surface area contributed by atoms with E-state index in [1.165, 1.54) is 5.56 Å². The van der Waals surface area contributed by atoms with Gasteiger partial charge in [-0.15, -0.1) is 0 Å². The van der Waals surface area contributed by atoms with Crippen LogP contribution in [0, 0.1) is 18.8 Å². The first-order valence-electron chi connectivity index (χ1n) is 12.2. The van der Waals surface area contributed by atoms with Crippen molar-refractivity contribution in [3.8, 4) is 11.6 Å². The van der Waals surface area contributed by atoms with Crippen LogP contribution in [0.1, 0.15) is 23.1 Å². The molecule has 3 aromatic heterocycles. The quantitative estimate of drug-likeness (QED) is 0.428. The number of fused-ring (bicyclic) bond motifs is 2. The average Bonchev–Trinajstić information content (AvgIpc) is 3.66. The lowest BCUT2D eigenvalue weighted by atomic mass is 10.0. The van der Waals surface area contributed by atoms with Crippen LogP contribution in [-0.4, -0.2) is 78.8 Å². The first-order chi connectivity index (χ1) is 17.5. The van der Waals surface area contributed by atoms with Crippen molar-refractivity contribution in [2.24, 2.45) is 11.8 Å². The highest BCUT2D eigenvalue weighted by Crippen LogP contribution is 2.37. The Balaban J connectivity index is 1.20. The Morgan fingerprint density at radius 2 is 1.92 bits per heavy atom. The number of likely N-dealkylation sites (tertiary alicyclic amines) is 2. The number of ether oxygens (including phenoxy) is 1. The molecule has 3 atom stereocenters. The third-order valence-electron chi connectivity index (χ3n) is 7.38. The summed E-state index contributed by atoms with van der Waals surface area (Å²) < 4.78 is 7.09. The highest BCUT2D eigenvalue weighted by molar-refractivity contribution is 5.97. The summed E-state index contributed by atoms with van der Waals surface area (Å²) in [6.45, 7) is 5.99. The molecule has 0 spiro atoms. The number of nitrogens with zero attached hydrogens (tertiary/aromatic N) is 6. The molecule has 1 aromatic carbocycles. The summed E-state index contributed by atoms with van der Waals surface area (Å²) in [6.07, 6.45) is 3.50. The lowest BCUT2D eigenvalue weighted by molar-refractivity contribution is -0.139. The van der Waals surface area contributed by atoms with Crippen molar-refractivity contribution in [1.29, 1.82) is 0 Å². The smallest absolute Gasteiger partial charge is 0.256 e. The molecule has 10 nitrogen and oxygen atoms in total. The number of hydrogen-bond donors (Lipinski definition) is 2.